The fourth-order valence-electron chi connectivity index (χ4n) is 6.76. The molecule has 0 aliphatic carbocycles. The van der Waals surface area contributed by atoms with Gasteiger partial charge in [0, 0.05) is 27.7 Å². The van der Waals surface area contributed by atoms with Crippen molar-refractivity contribution in [2.45, 2.75) is 20.8 Å². The number of hydrogen-bond acceptors (Lipinski definition) is 1. The minimum atomic E-state index is 0.851. The van der Waals surface area contributed by atoms with Crippen LogP contribution in [0.1, 0.15) is 43.5 Å². The van der Waals surface area contributed by atoms with Gasteiger partial charge in [0.05, 0.1) is 22.4 Å². The molecule has 3 heteroatoms. The molecule has 0 unspecified atom stereocenters. The van der Waals surface area contributed by atoms with Gasteiger partial charge in [-0.3, -0.25) is 4.57 Å². The number of benzene rings is 5. The Hall–Kier alpha value is -6.19. The fraction of sp³-hybridized carbons (Fsp3) is 0.0652. The molecule has 7 aromatic rings. The van der Waals surface area contributed by atoms with Gasteiger partial charge >= 0.3 is 0 Å². The van der Waals surface area contributed by atoms with Crippen LogP contribution >= 0.6 is 0 Å². The van der Waals surface area contributed by atoms with Crippen molar-refractivity contribution in [2.24, 2.45) is 0 Å². The summed E-state index contributed by atoms with van der Waals surface area (Å²) < 4.78 is 4.58. The highest BCUT2D eigenvalue weighted by Gasteiger charge is 2.19. The Morgan fingerprint density at radius 1 is 0.633 bits per heavy atom. The summed E-state index contributed by atoms with van der Waals surface area (Å²) >= 11 is 0. The number of hydrogen-bond donors (Lipinski definition) is 0. The molecule has 0 fully saturated rings. The number of allylic oxidation sites excluding steroid dienone is 7. The van der Waals surface area contributed by atoms with E-state index < -0.39 is 0 Å². The second-order valence-electron chi connectivity index (χ2n) is 11.9. The van der Waals surface area contributed by atoms with E-state index in [9.17, 15) is 0 Å². The van der Waals surface area contributed by atoms with Crippen molar-refractivity contribution in [2.75, 3.05) is 0 Å². The van der Waals surface area contributed by atoms with Crippen LogP contribution in [0.3, 0.4) is 0 Å². The molecule has 0 bridgehead atoms. The van der Waals surface area contributed by atoms with E-state index in [0.717, 1.165) is 45.3 Å². The van der Waals surface area contributed by atoms with Crippen molar-refractivity contribution in [1.82, 2.24) is 14.1 Å². The number of para-hydroxylation sites is 3. The van der Waals surface area contributed by atoms with Gasteiger partial charge in [-0.2, -0.15) is 0 Å². The van der Waals surface area contributed by atoms with Gasteiger partial charge in [-0.1, -0.05) is 122 Å². The lowest BCUT2D eigenvalue weighted by molar-refractivity contribution is 1.01. The summed E-state index contributed by atoms with van der Waals surface area (Å²) in [5, 5.41) is 2.51. The molecule has 5 aromatic carbocycles. The summed E-state index contributed by atoms with van der Waals surface area (Å²) in [6, 6.07) is 45.3. The van der Waals surface area contributed by atoms with Crippen LogP contribution < -0.4 is 0 Å². The maximum Gasteiger partial charge on any atom is 0.145 e. The smallest absolute Gasteiger partial charge is 0.145 e. The van der Waals surface area contributed by atoms with E-state index in [1.54, 1.807) is 0 Å². The van der Waals surface area contributed by atoms with E-state index in [4.69, 9.17) is 4.98 Å². The summed E-state index contributed by atoms with van der Waals surface area (Å²) in [7, 11) is 0. The molecule has 0 aliphatic heterocycles. The van der Waals surface area contributed by atoms with Crippen molar-refractivity contribution < 1.29 is 0 Å². The SMILES string of the molecule is C=Cc1nc(C(/C=C(\C=C\C)c2ccc(-c3cccc4c3c3ccccc3n4-c3ccccc3)cc2)=C/C)n(-c2ccccc2)c1/C=C\C. The number of aromatic nitrogens is 3. The van der Waals surface area contributed by atoms with Gasteiger partial charge in [0.1, 0.15) is 5.82 Å². The summed E-state index contributed by atoms with van der Waals surface area (Å²) in [6.07, 6.45) is 14.6. The van der Waals surface area contributed by atoms with E-state index in [1.165, 1.54) is 32.9 Å². The van der Waals surface area contributed by atoms with Crippen LogP contribution in [0.2, 0.25) is 0 Å². The Kier molecular flexibility index (Phi) is 8.90. The quantitative estimate of drug-likeness (QED) is 0.145. The number of rotatable bonds is 9. The first-order chi connectivity index (χ1) is 24.2. The Bertz CT molecular complexity index is 2390. The highest BCUT2D eigenvalue weighted by molar-refractivity contribution is 6.15. The van der Waals surface area contributed by atoms with E-state index in [2.05, 4.69) is 181 Å². The molecule has 0 saturated heterocycles. The van der Waals surface area contributed by atoms with Gasteiger partial charge in [0.25, 0.3) is 0 Å². The molecule has 0 saturated carbocycles. The van der Waals surface area contributed by atoms with Gasteiger partial charge in [-0.25, -0.2) is 4.98 Å². The summed E-state index contributed by atoms with van der Waals surface area (Å²) in [4.78, 5) is 5.09. The van der Waals surface area contributed by atoms with E-state index >= 15 is 0 Å². The Labute approximate surface area is 288 Å². The lowest BCUT2D eigenvalue weighted by atomic mass is 9.96. The van der Waals surface area contributed by atoms with Crippen LogP contribution in [0.15, 0.2) is 164 Å². The van der Waals surface area contributed by atoms with Gasteiger partial charge in [-0.15, -0.1) is 0 Å². The second kappa shape index (κ2) is 13.9. The third-order valence-electron chi connectivity index (χ3n) is 8.94. The van der Waals surface area contributed by atoms with E-state index in [0.29, 0.717) is 0 Å². The first-order valence-corrected chi connectivity index (χ1v) is 16.8. The monoisotopic (exact) mass is 633 g/mol. The van der Waals surface area contributed by atoms with Gasteiger partial charge in [0.2, 0.25) is 0 Å². The minimum Gasteiger partial charge on any atom is -0.309 e. The highest BCUT2D eigenvalue weighted by atomic mass is 15.1. The molecule has 238 valence electrons. The highest BCUT2D eigenvalue weighted by Crippen LogP contribution is 2.39. The predicted octanol–water partition coefficient (Wildman–Crippen LogP) is 12.4. The molecular formula is C46H39N3. The number of nitrogens with zero attached hydrogens (tertiary/aromatic N) is 3. The lowest BCUT2D eigenvalue weighted by Gasteiger charge is -2.13. The molecular weight excluding hydrogens is 595 g/mol. The van der Waals surface area contributed by atoms with E-state index in [1.807, 2.05) is 25.1 Å². The van der Waals surface area contributed by atoms with Gasteiger partial charge in [0.15, 0.2) is 0 Å². The molecule has 0 N–H and O–H groups in total. The van der Waals surface area contributed by atoms with Crippen molar-refractivity contribution in [3.05, 3.63) is 187 Å². The topological polar surface area (TPSA) is 22.8 Å². The predicted molar refractivity (Wildman–Crippen MR) is 211 cm³/mol. The zero-order chi connectivity index (χ0) is 33.7. The summed E-state index contributed by atoms with van der Waals surface area (Å²) in [5.74, 6) is 0.872. The van der Waals surface area contributed by atoms with Gasteiger partial charge < -0.3 is 4.57 Å². The number of imidazole rings is 1. The molecule has 2 heterocycles. The van der Waals surface area contributed by atoms with Crippen LogP contribution in [0.25, 0.3) is 67.6 Å². The zero-order valence-electron chi connectivity index (χ0n) is 28.2. The van der Waals surface area contributed by atoms with Crippen molar-refractivity contribution in [3.8, 4) is 22.5 Å². The molecule has 0 atom stereocenters. The number of fused-ring (bicyclic) bond motifs is 3. The fourth-order valence-corrected chi connectivity index (χ4v) is 6.76. The molecule has 7 rings (SSSR count). The van der Waals surface area contributed by atoms with E-state index in [-0.39, 0.29) is 0 Å². The Morgan fingerprint density at radius 2 is 1.29 bits per heavy atom. The van der Waals surface area contributed by atoms with Crippen LogP contribution in [0, 0.1) is 0 Å². The molecule has 0 radical (unpaired) electrons. The largest absolute Gasteiger partial charge is 0.309 e. The zero-order valence-corrected chi connectivity index (χ0v) is 28.2. The van der Waals surface area contributed by atoms with Gasteiger partial charge in [-0.05, 0) is 97.7 Å². The second-order valence-corrected chi connectivity index (χ2v) is 11.9. The van der Waals surface area contributed by atoms with Crippen molar-refractivity contribution in [3.63, 3.8) is 0 Å². The average Bonchev–Trinajstić information content (AvgIpc) is 3.70. The maximum absolute atomic E-state index is 5.09. The third kappa shape index (κ3) is 5.81. The van der Waals surface area contributed by atoms with Crippen LogP contribution in [-0.4, -0.2) is 14.1 Å². The molecule has 0 spiro atoms. The molecule has 0 aliphatic rings. The molecule has 2 aromatic heterocycles. The standard InChI is InChI=1S/C46H39N3/c1-5-18-36(32-33(7-3)46-47-41(8-4)43(19-6-2)49(46)38-22-13-10-14-23-38)34-28-30-35(31-29-34)39-25-17-27-44-45(39)40-24-15-16-26-42(40)48(44)37-20-11-9-12-21-37/h5-32H,4H2,1-3H3/b18-5+,19-6-,33-7+,36-32+. The van der Waals surface area contributed by atoms with Crippen LogP contribution in [-0.2, 0) is 0 Å². The normalized spacial score (nSPS) is 12.6. The minimum absolute atomic E-state index is 0.851. The first-order valence-electron chi connectivity index (χ1n) is 16.8. The van der Waals surface area contributed by atoms with Crippen molar-refractivity contribution >= 4 is 45.1 Å². The Balaban J connectivity index is 1.33. The first kappa shape index (κ1) is 31.4. The third-order valence-corrected chi connectivity index (χ3v) is 8.94. The van der Waals surface area contributed by atoms with Crippen LogP contribution in [0.4, 0.5) is 0 Å². The van der Waals surface area contributed by atoms with Crippen LogP contribution in [0.5, 0.6) is 0 Å². The molecule has 3 nitrogen and oxygen atoms in total. The Morgan fingerprint density at radius 3 is 1.94 bits per heavy atom. The summed E-state index contributed by atoms with van der Waals surface area (Å²) in [6.45, 7) is 10.2. The average molecular weight is 634 g/mol. The molecule has 0 amide bonds. The van der Waals surface area contributed by atoms with Crippen molar-refractivity contribution in [1.29, 1.82) is 0 Å². The maximum atomic E-state index is 5.09. The molecule has 49 heavy (non-hydrogen) atoms. The summed E-state index contributed by atoms with van der Waals surface area (Å²) in [5.41, 5.74) is 12.1. The lowest BCUT2D eigenvalue weighted by Crippen LogP contribution is -2.02.